The van der Waals surface area contributed by atoms with Crippen molar-refractivity contribution in [3.05, 3.63) is 101 Å². The van der Waals surface area contributed by atoms with Crippen molar-refractivity contribution in [1.29, 1.82) is 0 Å². The lowest BCUT2D eigenvalue weighted by Gasteiger charge is -2.46. The summed E-state index contributed by atoms with van der Waals surface area (Å²) in [4.78, 5) is 16.2. The van der Waals surface area contributed by atoms with Gasteiger partial charge in [-0.1, -0.05) is 126 Å². The van der Waals surface area contributed by atoms with Crippen molar-refractivity contribution >= 4 is 33.0 Å². The molecule has 0 unspecified atom stereocenters. The molecule has 7 nitrogen and oxygen atoms in total. The Hall–Kier alpha value is -3.37. The molecule has 0 saturated carbocycles. The molecule has 0 saturated heterocycles. The minimum Gasteiger partial charge on any atom is -0.544 e. The lowest BCUT2D eigenvalue weighted by atomic mass is 9.91. The van der Waals surface area contributed by atoms with E-state index in [9.17, 15) is 10.3 Å². The van der Waals surface area contributed by atoms with E-state index < -0.39 is 40.7 Å². The van der Waals surface area contributed by atoms with Gasteiger partial charge in [0.05, 0.1) is 12.7 Å². The van der Waals surface area contributed by atoms with Gasteiger partial charge in [0.2, 0.25) is 8.32 Å². The highest BCUT2D eigenvalue weighted by Gasteiger charge is 2.53. The van der Waals surface area contributed by atoms with Gasteiger partial charge in [-0.05, 0) is 63.7 Å². The van der Waals surface area contributed by atoms with Gasteiger partial charge in [0, 0.05) is 10.8 Å². The molecule has 0 aliphatic carbocycles. The summed E-state index contributed by atoms with van der Waals surface area (Å²) in [5.74, 6) is -0.306. The van der Waals surface area contributed by atoms with Crippen LogP contribution in [-0.4, -0.2) is 35.3 Å². The van der Waals surface area contributed by atoms with E-state index in [0.717, 1.165) is 21.7 Å². The zero-order chi connectivity index (χ0) is 32.8. The number of nitrogens with zero attached hydrogens (tertiary/aromatic N) is 3. The SMILES string of the molecule is CCOC(=O)[C@@H](N=[N+]=[N-])[C@H](C)[C@H](O[Si](c1ccccc1)(c1ccccc1)C(C)(C)C)c1ccc(O[Si](C)(C)C(C)(C)C)cc1. The third-order valence-electron chi connectivity index (χ3n) is 8.79. The first-order valence-electron chi connectivity index (χ1n) is 15.4. The fraction of sp³-hybridized carbons (Fsp3) is 0.457. The van der Waals surface area contributed by atoms with Crippen LogP contribution in [0.5, 0.6) is 5.75 Å². The predicted molar refractivity (Wildman–Crippen MR) is 184 cm³/mol. The lowest BCUT2D eigenvalue weighted by Crippen LogP contribution is -2.67. The van der Waals surface area contributed by atoms with Crippen LogP contribution in [-0.2, 0) is 14.0 Å². The quantitative estimate of drug-likeness (QED) is 0.0658. The number of hydrogen-bond acceptors (Lipinski definition) is 5. The van der Waals surface area contributed by atoms with E-state index >= 15 is 0 Å². The molecule has 3 rings (SSSR count). The largest absolute Gasteiger partial charge is 0.544 e. The maximum atomic E-state index is 13.2. The van der Waals surface area contributed by atoms with Crippen molar-refractivity contribution < 1.29 is 18.4 Å². The average molecular weight is 632 g/mol. The van der Waals surface area contributed by atoms with Gasteiger partial charge in [-0.3, -0.25) is 4.79 Å². The molecule has 0 amide bonds. The number of ether oxygens (including phenoxy) is 1. The summed E-state index contributed by atoms with van der Waals surface area (Å²) in [5, 5.41) is 5.92. The topological polar surface area (TPSA) is 93.5 Å². The van der Waals surface area contributed by atoms with Crippen LogP contribution in [0.3, 0.4) is 0 Å². The minimum atomic E-state index is -3.07. The Morgan fingerprint density at radius 3 is 1.75 bits per heavy atom. The second kappa shape index (κ2) is 14.2. The molecular weight excluding hydrogens is 583 g/mol. The number of carbonyl (C=O) groups is 1. The summed E-state index contributed by atoms with van der Waals surface area (Å²) in [5.41, 5.74) is 10.4. The molecular formula is C35H49N3O4Si2. The van der Waals surface area contributed by atoms with Crippen LogP contribution in [0.4, 0.5) is 0 Å². The van der Waals surface area contributed by atoms with Gasteiger partial charge in [0.15, 0.2) is 0 Å². The minimum absolute atomic E-state index is 0.0528. The Bertz CT molecular complexity index is 1370. The Morgan fingerprint density at radius 2 is 1.34 bits per heavy atom. The van der Waals surface area contributed by atoms with E-state index in [1.165, 1.54) is 0 Å². The normalized spacial score (nSPS) is 14.6. The maximum Gasteiger partial charge on any atom is 0.315 e. The maximum absolute atomic E-state index is 13.2. The van der Waals surface area contributed by atoms with Gasteiger partial charge in [0.25, 0.3) is 8.32 Å². The van der Waals surface area contributed by atoms with E-state index in [1.807, 2.05) is 67.6 Å². The number of rotatable bonds is 12. The molecule has 3 aromatic rings. The van der Waals surface area contributed by atoms with Gasteiger partial charge in [-0.15, -0.1) is 0 Å². The predicted octanol–water partition coefficient (Wildman–Crippen LogP) is 8.57. The van der Waals surface area contributed by atoms with Crippen LogP contribution in [0.15, 0.2) is 90.0 Å². The first kappa shape index (κ1) is 35.1. The first-order chi connectivity index (χ1) is 20.6. The van der Waals surface area contributed by atoms with Crippen LogP contribution in [0.1, 0.15) is 67.1 Å². The van der Waals surface area contributed by atoms with Crippen molar-refractivity contribution in [1.82, 2.24) is 0 Å². The Kier molecular flexibility index (Phi) is 11.3. The second-order valence-electron chi connectivity index (χ2n) is 13.9. The fourth-order valence-electron chi connectivity index (χ4n) is 5.35. The zero-order valence-corrected chi connectivity index (χ0v) is 30.0. The summed E-state index contributed by atoms with van der Waals surface area (Å²) in [6.45, 7) is 21.6. The van der Waals surface area contributed by atoms with Crippen molar-refractivity contribution in [2.24, 2.45) is 11.0 Å². The number of benzene rings is 3. The summed E-state index contributed by atoms with van der Waals surface area (Å²) in [6.07, 6.45) is -0.608. The fourth-order valence-corrected chi connectivity index (χ4v) is 11.1. The highest BCUT2D eigenvalue weighted by Crippen LogP contribution is 2.43. The van der Waals surface area contributed by atoms with Crippen LogP contribution in [0.2, 0.25) is 23.2 Å². The number of esters is 1. The molecule has 9 heteroatoms. The smallest absolute Gasteiger partial charge is 0.315 e. The highest BCUT2D eigenvalue weighted by atomic mass is 28.4. The Morgan fingerprint density at radius 1 is 0.841 bits per heavy atom. The second-order valence-corrected chi connectivity index (χ2v) is 22.9. The number of carbonyl (C=O) groups excluding carboxylic acids is 1. The van der Waals surface area contributed by atoms with Crippen molar-refractivity contribution in [2.75, 3.05) is 6.61 Å². The van der Waals surface area contributed by atoms with E-state index in [-0.39, 0.29) is 16.7 Å². The summed E-state index contributed by atoms with van der Waals surface area (Å²) in [6, 6.07) is 27.7. The number of hydrogen-bond donors (Lipinski definition) is 0. The summed E-state index contributed by atoms with van der Waals surface area (Å²) < 4.78 is 19.5. The standard InChI is InChI=1S/C35H49N3O4Si2/c1-11-40-33(39)31(37-38-36)26(2)32(27-22-24-28(25-23-27)41-43(9,10)34(3,4)5)42-44(35(6,7)8,29-18-14-12-15-19-29)30-20-16-13-17-21-30/h12-26,31-32H,11H2,1-10H3/t26-,31-,32-/m0/s1. The summed E-state index contributed by atoms with van der Waals surface area (Å²) >= 11 is 0. The van der Waals surface area contributed by atoms with Crippen molar-refractivity contribution in [3.8, 4) is 5.75 Å². The monoisotopic (exact) mass is 631 g/mol. The molecule has 0 aromatic heterocycles. The van der Waals surface area contributed by atoms with E-state index in [0.29, 0.717) is 0 Å². The Labute approximate surface area is 265 Å². The average Bonchev–Trinajstić information content (AvgIpc) is 2.96. The molecule has 0 aliphatic rings. The molecule has 44 heavy (non-hydrogen) atoms. The van der Waals surface area contributed by atoms with Crippen LogP contribution < -0.4 is 14.8 Å². The van der Waals surface area contributed by atoms with Gasteiger partial charge in [-0.25, -0.2) is 0 Å². The summed E-state index contributed by atoms with van der Waals surface area (Å²) in [7, 11) is -5.12. The third-order valence-corrected chi connectivity index (χ3v) is 18.2. The molecule has 236 valence electrons. The molecule has 0 aliphatic heterocycles. The molecule has 0 radical (unpaired) electrons. The molecule has 0 spiro atoms. The van der Waals surface area contributed by atoms with E-state index in [4.69, 9.17) is 13.6 Å². The zero-order valence-electron chi connectivity index (χ0n) is 28.0. The van der Waals surface area contributed by atoms with Crippen LogP contribution in [0, 0.1) is 5.92 Å². The Balaban J connectivity index is 2.26. The highest BCUT2D eigenvalue weighted by molar-refractivity contribution is 6.99. The third kappa shape index (κ3) is 7.64. The van der Waals surface area contributed by atoms with Gasteiger partial charge < -0.3 is 13.6 Å². The molecule has 0 bridgehead atoms. The molecule has 3 atom stereocenters. The molecule has 0 fully saturated rings. The first-order valence-corrected chi connectivity index (χ1v) is 20.2. The van der Waals surface area contributed by atoms with Gasteiger partial charge >= 0.3 is 5.97 Å². The van der Waals surface area contributed by atoms with Gasteiger partial charge in [0.1, 0.15) is 11.8 Å². The molecule has 3 aromatic carbocycles. The number of azide groups is 1. The van der Waals surface area contributed by atoms with Crippen LogP contribution in [0.25, 0.3) is 10.4 Å². The lowest BCUT2D eigenvalue weighted by molar-refractivity contribution is -0.146. The van der Waals surface area contributed by atoms with Gasteiger partial charge in [-0.2, -0.15) is 0 Å². The molecule has 0 heterocycles. The van der Waals surface area contributed by atoms with Crippen molar-refractivity contribution in [2.45, 2.75) is 90.7 Å². The van der Waals surface area contributed by atoms with Crippen LogP contribution >= 0.6 is 0 Å². The van der Waals surface area contributed by atoms with E-state index in [2.05, 4.69) is 88.9 Å². The molecule has 0 N–H and O–H groups in total. The van der Waals surface area contributed by atoms with E-state index in [1.54, 1.807) is 6.92 Å². The van der Waals surface area contributed by atoms with Crippen molar-refractivity contribution in [3.63, 3.8) is 0 Å².